The van der Waals surface area contributed by atoms with Crippen LogP contribution in [0.2, 0.25) is 0 Å². The van der Waals surface area contributed by atoms with Gasteiger partial charge >= 0.3 is 0 Å². The maximum absolute atomic E-state index is 12.6. The summed E-state index contributed by atoms with van der Waals surface area (Å²) in [6.07, 6.45) is 1.97. The summed E-state index contributed by atoms with van der Waals surface area (Å²) in [6.45, 7) is 0. The maximum Gasteiger partial charge on any atom is 0.270 e. The third-order valence-electron chi connectivity index (χ3n) is 1.21. The van der Waals surface area contributed by atoms with E-state index in [2.05, 4.69) is 4.84 Å². The summed E-state index contributed by atoms with van der Waals surface area (Å²) in [5, 5.41) is 1.12. The molecule has 1 unspecified atom stereocenters. The second-order valence-corrected chi connectivity index (χ2v) is 1.82. The minimum atomic E-state index is -1.17. The van der Waals surface area contributed by atoms with E-state index in [-0.39, 0.29) is 0 Å². The van der Waals surface area contributed by atoms with E-state index in [1.54, 1.807) is 13.2 Å². The number of alkyl halides is 1. The smallest absolute Gasteiger partial charge is 0.270 e. The Morgan fingerprint density at radius 2 is 2.22 bits per heavy atom. The Balaban J connectivity index is 2.51. The minimum absolute atomic E-state index is 1.12. The number of hydrogen-bond acceptors (Lipinski definition) is 3. The Morgan fingerprint density at radius 3 is 2.44 bits per heavy atom. The van der Waals surface area contributed by atoms with E-state index in [0.29, 0.717) is 0 Å². The van der Waals surface area contributed by atoms with Gasteiger partial charge in [0.15, 0.2) is 0 Å². The summed E-state index contributed by atoms with van der Waals surface area (Å²) in [5.41, 5.74) is 0. The fourth-order valence-electron chi connectivity index (χ4n) is 0.640. The first kappa shape index (κ1) is 6.35. The van der Waals surface area contributed by atoms with E-state index in [1.165, 1.54) is 18.2 Å². The molecular formula is C5H9FN2O. The summed E-state index contributed by atoms with van der Waals surface area (Å²) >= 11 is 0. The Hall–Kier alpha value is -0.770. The van der Waals surface area contributed by atoms with Gasteiger partial charge in [-0.3, -0.25) is 4.84 Å². The molecule has 0 radical (unpaired) electrons. The Labute approximate surface area is 53.3 Å². The van der Waals surface area contributed by atoms with Crippen LogP contribution >= 0.6 is 0 Å². The minimum Gasteiger partial charge on any atom is -0.332 e. The monoisotopic (exact) mass is 132 g/mol. The van der Waals surface area contributed by atoms with Crippen LogP contribution in [0.4, 0.5) is 4.39 Å². The molecule has 1 heterocycles. The quantitative estimate of drug-likeness (QED) is 0.484. The van der Waals surface area contributed by atoms with Crippen molar-refractivity contribution < 1.29 is 9.23 Å². The third kappa shape index (κ3) is 0.977. The van der Waals surface area contributed by atoms with Crippen LogP contribution < -0.4 is 0 Å². The highest BCUT2D eigenvalue weighted by Gasteiger charge is 2.21. The van der Waals surface area contributed by atoms with Crippen molar-refractivity contribution in [3.8, 4) is 0 Å². The zero-order chi connectivity index (χ0) is 6.85. The standard InChI is InChI=1S/C5H9FN2O/c1-7-3-4-8(9-2)5(7)6/h3-5H,1-2H3. The molecule has 0 spiro atoms. The lowest BCUT2D eigenvalue weighted by Crippen LogP contribution is -2.31. The predicted octanol–water partition coefficient (Wildman–Crippen LogP) is 0.519. The van der Waals surface area contributed by atoms with E-state index in [4.69, 9.17) is 0 Å². The van der Waals surface area contributed by atoms with Gasteiger partial charge < -0.3 is 4.90 Å². The van der Waals surface area contributed by atoms with E-state index in [1.807, 2.05) is 0 Å². The van der Waals surface area contributed by atoms with Crippen molar-refractivity contribution in [1.82, 2.24) is 9.96 Å². The lowest BCUT2D eigenvalue weighted by Gasteiger charge is -2.19. The van der Waals surface area contributed by atoms with Gasteiger partial charge in [-0.05, 0) is 0 Å². The van der Waals surface area contributed by atoms with Crippen LogP contribution in [0.15, 0.2) is 12.4 Å². The molecule has 9 heavy (non-hydrogen) atoms. The van der Waals surface area contributed by atoms with Gasteiger partial charge in [-0.15, -0.1) is 0 Å². The zero-order valence-electron chi connectivity index (χ0n) is 5.41. The molecule has 0 aromatic heterocycles. The van der Waals surface area contributed by atoms with E-state index >= 15 is 0 Å². The molecule has 0 fully saturated rings. The molecule has 0 aliphatic carbocycles. The summed E-state index contributed by atoms with van der Waals surface area (Å²) in [4.78, 5) is 6.03. The second-order valence-electron chi connectivity index (χ2n) is 1.82. The predicted molar refractivity (Wildman–Crippen MR) is 30.6 cm³/mol. The Morgan fingerprint density at radius 1 is 1.56 bits per heavy atom. The molecule has 0 N–H and O–H groups in total. The SMILES string of the molecule is CON1C=CN(C)C1F. The number of hydrogen-bond donors (Lipinski definition) is 0. The topological polar surface area (TPSA) is 15.7 Å². The summed E-state index contributed by atoms with van der Waals surface area (Å²) < 4.78 is 12.6. The molecule has 1 aliphatic rings. The molecular weight excluding hydrogens is 123 g/mol. The van der Waals surface area contributed by atoms with Gasteiger partial charge in [0, 0.05) is 19.4 Å². The number of hydroxylamine groups is 2. The molecule has 1 atom stereocenters. The highest BCUT2D eigenvalue weighted by molar-refractivity contribution is 4.87. The van der Waals surface area contributed by atoms with Crippen molar-refractivity contribution in [1.29, 1.82) is 0 Å². The van der Waals surface area contributed by atoms with Gasteiger partial charge in [0.2, 0.25) is 0 Å². The van der Waals surface area contributed by atoms with Crippen LogP contribution in [-0.2, 0) is 4.84 Å². The van der Waals surface area contributed by atoms with Gasteiger partial charge in [-0.2, -0.15) is 4.39 Å². The number of rotatable bonds is 1. The molecule has 0 aromatic carbocycles. The molecule has 0 amide bonds. The highest BCUT2D eigenvalue weighted by atomic mass is 19.1. The second kappa shape index (κ2) is 2.23. The van der Waals surface area contributed by atoms with Crippen molar-refractivity contribution in [2.45, 2.75) is 6.42 Å². The first-order chi connectivity index (χ1) is 4.25. The number of halogens is 1. The van der Waals surface area contributed by atoms with Gasteiger partial charge in [-0.1, -0.05) is 0 Å². The highest BCUT2D eigenvalue weighted by Crippen LogP contribution is 2.13. The van der Waals surface area contributed by atoms with E-state index < -0.39 is 6.42 Å². The molecule has 52 valence electrons. The van der Waals surface area contributed by atoms with Crippen molar-refractivity contribution in [2.24, 2.45) is 0 Å². The van der Waals surface area contributed by atoms with E-state index in [0.717, 1.165) is 5.06 Å². The largest absolute Gasteiger partial charge is 0.332 e. The Kier molecular flexibility index (Phi) is 1.57. The van der Waals surface area contributed by atoms with Crippen LogP contribution in [0.3, 0.4) is 0 Å². The molecule has 0 saturated carbocycles. The molecule has 3 nitrogen and oxygen atoms in total. The number of nitrogens with zero attached hydrogens (tertiary/aromatic N) is 2. The molecule has 0 saturated heterocycles. The summed E-state index contributed by atoms with van der Waals surface area (Å²) in [7, 11) is 3.07. The van der Waals surface area contributed by atoms with Crippen LogP contribution in [-0.4, -0.2) is 30.5 Å². The van der Waals surface area contributed by atoms with Crippen molar-refractivity contribution in [3.63, 3.8) is 0 Å². The van der Waals surface area contributed by atoms with Crippen LogP contribution in [0.1, 0.15) is 0 Å². The molecule has 1 rings (SSSR count). The fourth-order valence-corrected chi connectivity index (χ4v) is 0.640. The van der Waals surface area contributed by atoms with Crippen LogP contribution in [0.25, 0.3) is 0 Å². The molecule has 0 bridgehead atoms. The third-order valence-corrected chi connectivity index (χ3v) is 1.21. The first-order valence-corrected chi connectivity index (χ1v) is 2.62. The summed E-state index contributed by atoms with van der Waals surface area (Å²) in [5.74, 6) is 0. The normalized spacial score (nSPS) is 25.9. The van der Waals surface area contributed by atoms with Crippen molar-refractivity contribution in [3.05, 3.63) is 12.4 Å². The van der Waals surface area contributed by atoms with Crippen LogP contribution in [0, 0.1) is 0 Å². The molecule has 0 aromatic rings. The van der Waals surface area contributed by atoms with Gasteiger partial charge in [0.25, 0.3) is 6.42 Å². The maximum atomic E-state index is 12.6. The lowest BCUT2D eigenvalue weighted by molar-refractivity contribution is -0.178. The van der Waals surface area contributed by atoms with E-state index in [9.17, 15) is 4.39 Å². The van der Waals surface area contributed by atoms with Gasteiger partial charge in [0.05, 0.1) is 7.11 Å². The van der Waals surface area contributed by atoms with Crippen molar-refractivity contribution >= 4 is 0 Å². The molecule has 1 aliphatic heterocycles. The average molecular weight is 132 g/mol. The first-order valence-electron chi connectivity index (χ1n) is 2.62. The lowest BCUT2D eigenvalue weighted by atomic mass is 10.8. The van der Waals surface area contributed by atoms with Crippen LogP contribution in [0.5, 0.6) is 0 Å². The fraction of sp³-hybridized carbons (Fsp3) is 0.600. The zero-order valence-corrected chi connectivity index (χ0v) is 5.41. The van der Waals surface area contributed by atoms with Crippen molar-refractivity contribution in [2.75, 3.05) is 14.2 Å². The Bertz CT molecular complexity index is 128. The average Bonchev–Trinajstić information content (AvgIpc) is 2.15. The molecule has 4 heteroatoms. The van der Waals surface area contributed by atoms with Gasteiger partial charge in [-0.25, -0.2) is 5.06 Å². The summed E-state index contributed by atoms with van der Waals surface area (Å²) in [6, 6.07) is 0. The van der Waals surface area contributed by atoms with Gasteiger partial charge in [0.1, 0.15) is 0 Å².